The first-order valence-corrected chi connectivity index (χ1v) is 6.65. The maximum Gasteiger partial charge on any atom is 0.404 e. The molecule has 1 amide bonds. The molecule has 5 heteroatoms. The predicted molar refractivity (Wildman–Crippen MR) is 76.0 cm³/mol. The molecule has 0 radical (unpaired) electrons. The van der Waals surface area contributed by atoms with E-state index in [0.717, 1.165) is 16.7 Å². The Morgan fingerprint density at radius 3 is 2.90 bits per heavy atom. The quantitative estimate of drug-likeness (QED) is 0.912. The van der Waals surface area contributed by atoms with Crippen LogP contribution in [0.1, 0.15) is 5.56 Å². The number of carboxylic acid groups (broad SMARTS) is 1. The molecular weight excluding hydrogens is 273 g/mol. The minimum Gasteiger partial charge on any atom is -0.487 e. The monoisotopic (exact) mass is 287 g/mol. The Kier molecular flexibility index (Phi) is 3.48. The zero-order chi connectivity index (χ0) is 14.8. The van der Waals surface area contributed by atoms with Crippen LogP contribution in [0.25, 0.3) is 11.1 Å². The normalized spacial score (nSPS) is 16.1. The second-order valence-electron chi connectivity index (χ2n) is 4.93. The molecule has 2 aromatic carbocycles. The van der Waals surface area contributed by atoms with Crippen molar-refractivity contribution >= 4 is 6.09 Å². The molecule has 0 saturated carbocycles. The molecule has 1 atom stereocenters. The van der Waals surface area contributed by atoms with Gasteiger partial charge in [-0.1, -0.05) is 30.3 Å². The summed E-state index contributed by atoms with van der Waals surface area (Å²) in [5, 5.41) is 11.0. The summed E-state index contributed by atoms with van der Waals surface area (Å²) in [6.07, 6.45) is -0.663. The summed E-state index contributed by atoms with van der Waals surface area (Å²) >= 11 is 0. The van der Waals surface area contributed by atoms with Gasteiger partial charge in [0.2, 0.25) is 0 Å². The van der Waals surface area contributed by atoms with E-state index < -0.39 is 6.09 Å². The molecule has 1 heterocycles. The fourth-order valence-corrected chi connectivity index (χ4v) is 2.54. The highest BCUT2D eigenvalue weighted by Gasteiger charge is 2.26. The Labute approximate surface area is 121 Å². The molecule has 3 rings (SSSR count). The third-order valence-corrected chi connectivity index (χ3v) is 3.45. The lowest BCUT2D eigenvalue weighted by Crippen LogP contribution is -2.33. The molecule has 0 bridgehead atoms. The first-order valence-electron chi connectivity index (χ1n) is 6.65. The summed E-state index contributed by atoms with van der Waals surface area (Å²) in [6, 6.07) is 12.1. The van der Waals surface area contributed by atoms with Gasteiger partial charge in [0.05, 0.1) is 6.54 Å². The largest absolute Gasteiger partial charge is 0.487 e. The first-order chi connectivity index (χ1) is 10.1. The van der Waals surface area contributed by atoms with Gasteiger partial charge in [-0.25, -0.2) is 9.18 Å². The third-order valence-electron chi connectivity index (χ3n) is 3.45. The smallest absolute Gasteiger partial charge is 0.404 e. The maximum atomic E-state index is 13.4. The van der Waals surface area contributed by atoms with Crippen LogP contribution in [0.2, 0.25) is 0 Å². The third kappa shape index (κ3) is 2.81. The van der Waals surface area contributed by atoms with Gasteiger partial charge in [-0.05, 0) is 23.3 Å². The molecule has 0 spiro atoms. The lowest BCUT2D eigenvalue weighted by atomic mass is 10.0. The van der Waals surface area contributed by atoms with E-state index in [0.29, 0.717) is 12.2 Å². The summed E-state index contributed by atoms with van der Waals surface area (Å²) in [4.78, 5) is 10.5. The van der Waals surface area contributed by atoms with Crippen LogP contribution in [0, 0.1) is 5.82 Å². The Hall–Kier alpha value is -2.56. The van der Waals surface area contributed by atoms with Crippen LogP contribution in [0.4, 0.5) is 9.18 Å². The highest BCUT2D eigenvalue weighted by Crippen LogP contribution is 2.38. The number of ether oxygens (including phenoxy) is 1. The molecule has 1 aliphatic rings. The number of halogens is 1. The molecule has 0 aliphatic carbocycles. The average molecular weight is 287 g/mol. The van der Waals surface area contributed by atoms with E-state index in [-0.39, 0.29) is 18.5 Å². The number of hydrogen-bond acceptors (Lipinski definition) is 2. The van der Waals surface area contributed by atoms with Crippen molar-refractivity contribution in [2.75, 3.05) is 6.54 Å². The van der Waals surface area contributed by atoms with Crippen molar-refractivity contribution in [1.82, 2.24) is 5.32 Å². The lowest BCUT2D eigenvalue weighted by Gasteiger charge is -2.12. The van der Waals surface area contributed by atoms with Gasteiger partial charge in [0.1, 0.15) is 17.7 Å². The Morgan fingerprint density at radius 1 is 1.33 bits per heavy atom. The minimum absolute atomic E-state index is 0.229. The molecule has 0 fully saturated rings. The second-order valence-corrected chi connectivity index (χ2v) is 4.93. The molecule has 0 saturated heterocycles. The molecule has 2 N–H and O–H groups in total. The van der Waals surface area contributed by atoms with Crippen molar-refractivity contribution in [3.63, 3.8) is 0 Å². The van der Waals surface area contributed by atoms with E-state index in [1.54, 1.807) is 6.07 Å². The average Bonchev–Trinajstić information content (AvgIpc) is 2.88. The van der Waals surface area contributed by atoms with Crippen LogP contribution in [-0.4, -0.2) is 23.8 Å². The highest BCUT2D eigenvalue weighted by atomic mass is 19.1. The summed E-state index contributed by atoms with van der Waals surface area (Å²) in [6.45, 7) is 0.229. The van der Waals surface area contributed by atoms with Gasteiger partial charge in [0.15, 0.2) is 0 Å². The molecule has 1 unspecified atom stereocenters. The summed E-state index contributed by atoms with van der Waals surface area (Å²) < 4.78 is 19.2. The number of amides is 1. The second kappa shape index (κ2) is 5.44. The van der Waals surface area contributed by atoms with Crippen molar-refractivity contribution in [1.29, 1.82) is 0 Å². The molecule has 1 aliphatic heterocycles. The molecular formula is C16H14FNO3. The van der Waals surface area contributed by atoms with E-state index in [9.17, 15) is 9.18 Å². The number of nitrogens with one attached hydrogen (secondary N) is 1. The van der Waals surface area contributed by atoms with Gasteiger partial charge in [-0.15, -0.1) is 0 Å². The summed E-state index contributed by atoms with van der Waals surface area (Å²) in [7, 11) is 0. The first kappa shape index (κ1) is 13.4. The lowest BCUT2D eigenvalue weighted by molar-refractivity contribution is 0.181. The minimum atomic E-state index is -1.07. The fraction of sp³-hybridized carbons (Fsp3) is 0.188. The van der Waals surface area contributed by atoms with E-state index in [2.05, 4.69) is 5.32 Å². The molecule has 0 aromatic heterocycles. The van der Waals surface area contributed by atoms with Crippen molar-refractivity contribution in [2.24, 2.45) is 0 Å². The number of rotatable bonds is 3. The van der Waals surface area contributed by atoms with Crippen molar-refractivity contribution < 1.29 is 19.0 Å². The zero-order valence-electron chi connectivity index (χ0n) is 11.2. The molecule has 21 heavy (non-hydrogen) atoms. The SMILES string of the molecule is O=C(O)NCC1Cc2cccc(-c3cccc(F)c3)c2O1. The maximum absolute atomic E-state index is 13.4. The predicted octanol–water partition coefficient (Wildman–Crippen LogP) is 3.06. The van der Waals surface area contributed by atoms with Crippen molar-refractivity contribution in [2.45, 2.75) is 12.5 Å². The van der Waals surface area contributed by atoms with Crippen LogP contribution in [-0.2, 0) is 6.42 Å². The van der Waals surface area contributed by atoms with Gasteiger partial charge in [0, 0.05) is 12.0 Å². The van der Waals surface area contributed by atoms with Crippen molar-refractivity contribution in [3.8, 4) is 16.9 Å². The fourth-order valence-electron chi connectivity index (χ4n) is 2.54. The summed E-state index contributed by atoms with van der Waals surface area (Å²) in [5.74, 6) is 0.410. The van der Waals surface area contributed by atoms with E-state index in [1.165, 1.54) is 12.1 Å². The van der Waals surface area contributed by atoms with E-state index in [1.807, 2.05) is 24.3 Å². The van der Waals surface area contributed by atoms with Gasteiger partial charge >= 0.3 is 6.09 Å². The van der Waals surface area contributed by atoms with Gasteiger partial charge in [0.25, 0.3) is 0 Å². The number of para-hydroxylation sites is 1. The number of carbonyl (C=O) groups is 1. The van der Waals surface area contributed by atoms with E-state index in [4.69, 9.17) is 9.84 Å². The van der Waals surface area contributed by atoms with Gasteiger partial charge < -0.3 is 15.2 Å². The Balaban J connectivity index is 1.88. The van der Waals surface area contributed by atoms with Crippen LogP contribution in [0.3, 0.4) is 0 Å². The van der Waals surface area contributed by atoms with Crippen LogP contribution in [0.15, 0.2) is 42.5 Å². The topological polar surface area (TPSA) is 58.6 Å². The standard InChI is InChI=1S/C16H14FNO3/c17-12-5-1-3-10(7-12)14-6-2-4-11-8-13(21-15(11)14)9-18-16(19)20/h1-7,13,18H,8-9H2,(H,19,20). The molecule has 108 valence electrons. The van der Waals surface area contributed by atoms with Crippen LogP contribution in [0.5, 0.6) is 5.75 Å². The van der Waals surface area contributed by atoms with Crippen LogP contribution < -0.4 is 10.1 Å². The van der Waals surface area contributed by atoms with Crippen LogP contribution >= 0.6 is 0 Å². The summed E-state index contributed by atoms with van der Waals surface area (Å²) in [5.41, 5.74) is 2.58. The van der Waals surface area contributed by atoms with Crippen molar-refractivity contribution in [3.05, 3.63) is 53.8 Å². The zero-order valence-corrected chi connectivity index (χ0v) is 11.2. The van der Waals surface area contributed by atoms with E-state index >= 15 is 0 Å². The molecule has 4 nitrogen and oxygen atoms in total. The van der Waals surface area contributed by atoms with Gasteiger partial charge in [-0.2, -0.15) is 0 Å². The Morgan fingerprint density at radius 2 is 2.14 bits per heavy atom. The Bertz CT molecular complexity index is 687. The van der Waals surface area contributed by atoms with Gasteiger partial charge in [-0.3, -0.25) is 0 Å². The number of fused-ring (bicyclic) bond motifs is 1. The highest BCUT2D eigenvalue weighted by molar-refractivity contribution is 5.73. The number of hydrogen-bond donors (Lipinski definition) is 2. The molecule has 2 aromatic rings. The number of benzene rings is 2.